The summed E-state index contributed by atoms with van der Waals surface area (Å²) in [4.78, 5) is 2.29. The van der Waals surface area contributed by atoms with Crippen molar-refractivity contribution < 1.29 is 0 Å². The van der Waals surface area contributed by atoms with Gasteiger partial charge in [0, 0.05) is 13.1 Å². The number of fused-ring (bicyclic) bond motifs is 1. The summed E-state index contributed by atoms with van der Waals surface area (Å²) in [6.45, 7) is 1.84. The van der Waals surface area contributed by atoms with Crippen LogP contribution in [-0.2, 0) is 13.1 Å². The Kier molecular flexibility index (Phi) is 3.25. The summed E-state index contributed by atoms with van der Waals surface area (Å²) < 4.78 is 0. The van der Waals surface area contributed by atoms with Crippen LogP contribution in [0, 0.1) is 0 Å². The zero-order valence-electron chi connectivity index (χ0n) is 10.9. The Balaban J connectivity index is 1.70. The van der Waals surface area contributed by atoms with E-state index < -0.39 is 0 Å². The second kappa shape index (κ2) is 5.20. The molecule has 19 heavy (non-hydrogen) atoms. The lowest BCUT2D eigenvalue weighted by molar-refractivity contribution is 0.319. The molecule has 96 valence electrons. The molecule has 4 heteroatoms. The summed E-state index contributed by atoms with van der Waals surface area (Å²) in [6.07, 6.45) is 0. The van der Waals surface area contributed by atoms with Crippen LogP contribution < -0.4 is 0 Å². The fraction of sp³-hybridized carbons (Fsp3) is 0.200. The lowest BCUT2D eigenvalue weighted by Crippen LogP contribution is -2.17. The fourth-order valence-corrected chi connectivity index (χ4v) is 2.25. The Morgan fingerprint density at radius 3 is 2.47 bits per heavy atom. The van der Waals surface area contributed by atoms with Gasteiger partial charge in [0.15, 0.2) is 0 Å². The lowest BCUT2D eigenvalue weighted by Gasteiger charge is -2.16. The zero-order valence-corrected chi connectivity index (χ0v) is 10.9. The van der Waals surface area contributed by atoms with Gasteiger partial charge in [0.05, 0.1) is 0 Å². The molecule has 0 unspecified atom stereocenters. The molecule has 3 rings (SSSR count). The van der Waals surface area contributed by atoms with Crippen molar-refractivity contribution in [1.82, 2.24) is 20.3 Å². The molecule has 0 bridgehead atoms. The molecule has 0 saturated heterocycles. The minimum atomic E-state index is 0.900. The van der Waals surface area contributed by atoms with Crippen molar-refractivity contribution >= 4 is 11.0 Å². The van der Waals surface area contributed by atoms with E-state index >= 15 is 0 Å². The molecule has 1 aromatic heterocycles. The summed E-state index contributed by atoms with van der Waals surface area (Å²) in [6, 6.07) is 16.7. The van der Waals surface area contributed by atoms with Crippen LogP contribution in [0.3, 0.4) is 0 Å². The minimum absolute atomic E-state index is 0.900. The zero-order chi connectivity index (χ0) is 13.1. The van der Waals surface area contributed by atoms with Gasteiger partial charge in [0.1, 0.15) is 11.0 Å². The Labute approximate surface area is 112 Å². The SMILES string of the molecule is CN(Cc1ccccc1)Cc1ccc2n[nH]nc2c1. The quantitative estimate of drug-likeness (QED) is 0.776. The van der Waals surface area contributed by atoms with Crippen LogP contribution in [0.5, 0.6) is 0 Å². The lowest BCUT2D eigenvalue weighted by atomic mass is 10.1. The predicted octanol–water partition coefficient (Wildman–Crippen LogP) is 2.59. The van der Waals surface area contributed by atoms with Gasteiger partial charge in [-0.3, -0.25) is 4.90 Å². The van der Waals surface area contributed by atoms with Crippen molar-refractivity contribution in [3.8, 4) is 0 Å². The average molecular weight is 252 g/mol. The summed E-state index contributed by atoms with van der Waals surface area (Å²) in [7, 11) is 2.12. The van der Waals surface area contributed by atoms with E-state index in [0.29, 0.717) is 0 Å². The van der Waals surface area contributed by atoms with Crippen LogP contribution in [0.2, 0.25) is 0 Å². The predicted molar refractivity (Wildman–Crippen MR) is 75.5 cm³/mol. The van der Waals surface area contributed by atoms with Crippen molar-refractivity contribution in [3.63, 3.8) is 0 Å². The Morgan fingerprint density at radius 1 is 0.895 bits per heavy atom. The molecule has 0 fully saturated rings. The molecular weight excluding hydrogens is 236 g/mol. The van der Waals surface area contributed by atoms with Gasteiger partial charge in [-0.05, 0) is 30.3 Å². The maximum atomic E-state index is 4.12. The molecule has 0 aliphatic heterocycles. The molecule has 0 atom stereocenters. The van der Waals surface area contributed by atoms with E-state index in [1.807, 2.05) is 12.1 Å². The van der Waals surface area contributed by atoms with Crippen molar-refractivity contribution in [2.75, 3.05) is 7.05 Å². The minimum Gasteiger partial charge on any atom is -0.298 e. The Morgan fingerprint density at radius 2 is 1.63 bits per heavy atom. The molecule has 1 heterocycles. The largest absolute Gasteiger partial charge is 0.298 e. The molecule has 3 aromatic rings. The summed E-state index contributed by atoms with van der Waals surface area (Å²) in [5.74, 6) is 0. The number of hydrogen-bond acceptors (Lipinski definition) is 3. The summed E-state index contributed by atoms with van der Waals surface area (Å²) in [5.41, 5.74) is 4.41. The number of H-pyrrole nitrogens is 1. The molecule has 4 nitrogen and oxygen atoms in total. The van der Waals surface area contributed by atoms with E-state index in [-0.39, 0.29) is 0 Å². The van der Waals surface area contributed by atoms with E-state index in [0.717, 1.165) is 24.1 Å². The number of benzene rings is 2. The monoisotopic (exact) mass is 252 g/mol. The molecule has 0 saturated carbocycles. The second-order valence-electron chi connectivity index (χ2n) is 4.80. The summed E-state index contributed by atoms with van der Waals surface area (Å²) >= 11 is 0. The first-order chi connectivity index (χ1) is 9.31. The first-order valence-corrected chi connectivity index (χ1v) is 6.33. The number of rotatable bonds is 4. The van der Waals surface area contributed by atoms with Crippen LogP contribution in [0.4, 0.5) is 0 Å². The van der Waals surface area contributed by atoms with E-state index in [4.69, 9.17) is 0 Å². The van der Waals surface area contributed by atoms with Gasteiger partial charge in [-0.2, -0.15) is 15.4 Å². The van der Waals surface area contributed by atoms with E-state index in [9.17, 15) is 0 Å². The third-order valence-corrected chi connectivity index (χ3v) is 3.13. The second-order valence-corrected chi connectivity index (χ2v) is 4.80. The van der Waals surface area contributed by atoms with Crippen LogP contribution in [0.15, 0.2) is 48.5 Å². The van der Waals surface area contributed by atoms with Gasteiger partial charge in [0.25, 0.3) is 0 Å². The smallest absolute Gasteiger partial charge is 0.113 e. The highest BCUT2D eigenvalue weighted by atomic mass is 15.3. The maximum absolute atomic E-state index is 4.12. The van der Waals surface area contributed by atoms with Crippen molar-refractivity contribution in [3.05, 3.63) is 59.7 Å². The highest BCUT2D eigenvalue weighted by Gasteiger charge is 2.04. The topological polar surface area (TPSA) is 44.8 Å². The number of aromatic nitrogens is 3. The van der Waals surface area contributed by atoms with E-state index in [2.05, 4.69) is 63.8 Å². The van der Waals surface area contributed by atoms with Gasteiger partial charge in [-0.25, -0.2) is 0 Å². The van der Waals surface area contributed by atoms with Crippen molar-refractivity contribution in [1.29, 1.82) is 0 Å². The van der Waals surface area contributed by atoms with Crippen LogP contribution in [0.1, 0.15) is 11.1 Å². The Bertz CT molecular complexity index is 660. The number of hydrogen-bond donors (Lipinski definition) is 1. The number of nitrogens with zero attached hydrogens (tertiary/aromatic N) is 3. The maximum Gasteiger partial charge on any atom is 0.113 e. The molecular formula is C15H16N4. The normalized spacial score (nSPS) is 11.3. The molecule has 0 radical (unpaired) electrons. The van der Waals surface area contributed by atoms with Crippen LogP contribution in [-0.4, -0.2) is 27.4 Å². The van der Waals surface area contributed by atoms with E-state index in [1.54, 1.807) is 0 Å². The van der Waals surface area contributed by atoms with Gasteiger partial charge in [-0.1, -0.05) is 36.4 Å². The number of nitrogens with one attached hydrogen (secondary N) is 1. The van der Waals surface area contributed by atoms with Crippen LogP contribution >= 0.6 is 0 Å². The fourth-order valence-electron chi connectivity index (χ4n) is 2.25. The van der Waals surface area contributed by atoms with Gasteiger partial charge in [-0.15, -0.1) is 0 Å². The Hall–Kier alpha value is -2.20. The standard InChI is InChI=1S/C15H16N4/c1-19(10-12-5-3-2-4-6-12)11-13-7-8-14-15(9-13)17-18-16-14/h2-9H,10-11H2,1H3,(H,16,17,18). The van der Waals surface area contributed by atoms with E-state index in [1.165, 1.54) is 11.1 Å². The molecule has 1 N–H and O–H groups in total. The molecule has 0 spiro atoms. The first kappa shape index (κ1) is 11.9. The highest BCUT2D eigenvalue weighted by Crippen LogP contribution is 2.13. The van der Waals surface area contributed by atoms with Crippen molar-refractivity contribution in [2.24, 2.45) is 0 Å². The number of aromatic amines is 1. The molecule has 0 aliphatic carbocycles. The third-order valence-electron chi connectivity index (χ3n) is 3.13. The van der Waals surface area contributed by atoms with Gasteiger partial charge >= 0.3 is 0 Å². The van der Waals surface area contributed by atoms with Crippen molar-refractivity contribution in [2.45, 2.75) is 13.1 Å². The molecule has 0 amide bonds. The first-order valence-electron chi connectivity index (χ1n) is 6.33. The summed E-state index contributed by atoms with van der Waals surface area (Å²) in [5, 5.41) is 10.8. The average Bonchev–Trinajstić information content (AvgIpc) is 2.87. The molecule has 0 aliphatic rings. The van der Waals surface area contributed by atoms with Gasteiger partial charge in [0.2, 0.25) is 0 Å². The van der Waals surface area contributed by atoms with Crippen LogP contribution in [0.25, 0.3) is 11.0 Å². The molecule has 2 aromatic carbocycles. The van der Waals surface area contributed by atoms with Gasteiger partial charge < -0.3 is 0 Å². The highest BCUT2D eigenvalue weighted by molar-refractivity contribution is 5.74. The third kappa shape index (κ3) is 2.80.